The Balaban J connectivity index is 1.63. The summed E-state index contributed by atoms with van der Waals surface area (Å²) in [7, 11) is 0. The topological polar surface area (TPSA) is 82.0 Å². The lowest BCUT2D eigenvalue weighted by molar-refractivity contribution is 0.0186. The highest BCUT2D eigenvalue weighted by Gasteiger charge is 2.23. The average molecular weight is 404 g/mol. The fourth-order valence-corrected chi connectivity index (χ4v) is 4.02. The molecule has 1 saturated heterocycles. The van der Waals surface area contributed by atoms with Gasteiger partial charge in [-0.05, 0) is 36.1 Å². The van der Waals surface area contributed by atoms with E-state index in [4.69, 9.17) is 9.73 Å². The highest BCUT2D eigenvalue weighted by atomic mass is 32.1. The number of ether oxygens (including phenoxy) is 1. The summed E-state index contributed by atoms with van der Waals surface area (Å²) in [5, 5.41) is 19.0. The number of nitrogens with one attached hydrogen (secondary N) is 2. The minimum absolute atomic E-state index is 0.240. The second kappa shape index (κ2) is 11.1. The van der Waals surface area contributed by atoms with Gasteiger partial charge < -0.3 is 20.5 Å². The monoisotopic (exact) mass is 403 g/mol. The number of guanidine groups is 1. The van der Waals surface area contributed by atoms with Gasteiger partial charge in [-0.2, -0.15) is 0 Å². The van der Waals surface area contributed by atoms with Gasteiger partial charge in [0.05, 0.1) is 31.9 Å². The molecule has 2 atom stereocenters. The van der Waals surface area contributed by atoms with E-state index in [9.17, 15) is 5.11 Å². The van der Waals surface area contributed by atoms with E-state index in [-0.39, 0.29) is 6.04 Å². The third-order valence-corrected chi connectivity index (χ3v) is 5.65. The van der Waals surface area contributed by atoms with E-state index in [1.165, 1.54) is 4.88 Å². The number of morpholine rings is 1. The Morgan fingerprint density at radius 1 is 1.29 bits per heavy atom. The predicted molar refractivity (Wildman–Crippen MR) is 113 cm³/mol. The molecule has 28 heavy (non-hydrogen) atoms. The van der Waals surface area contributed by atoms with Crippen LogP contribution in [0.2, 0.25) is 0 Å². The predicted octanol–water partition coefficient (Wildman–Crippen LogP) is 1.81. The molecular weight excluding hydrogens is 374 g/mol. The van der Waals surface area contributed by atoms with E-state index < -0.39 is 6.10 Å². The molecule has 1 aliphatic rings. The van der Waals surface area contributed by atoms with Crippen LogP contribution in [0.15, 0.2) is 47.0 Å². The van der Waals surface area contributed by atoms with Gasteiger partial charge in [0.1, 0.15) is 0 Å². The first kappa shape index (κ1) is 20.7. The van der Waals surface area contributed by atoms with Crippen LogP contribution in [0.1, 0.15) is 29.5 Å². The molecule has 0 bridgehead atoms. The van der Waals surface area contributed by atoms with Crippen molar-refractivity contribution in [3.63, 3.8) is 0 Å². The molecule has 0 saturated carbocycles. The largest absolute Gasteiger partial charge is 0.387 e. The Morgan fingerprint density at radius 3 is 2.75 bits per heavy atom. The molecule has 2 aromatic rings. The number of pyridine rings is 1. The highest BCUT2D eigenvalue weighted by Crippen LogP contribution is 2.26. The number of hydrogen-bond acceptors (Lipinski definition) is 6. The van der Waals surface area contributed by atoms with Crippen molar-refractivity contribution in [1.82, 2.24) is 20.5 Å². The van der Waals surface area contributed by atoms with Crippen molar-refractivity contribution in [2.24, 2.45) is 4.99 Å². The number of aliphatic hydroxyl groups excluding tert-OH is 1. The van der Waals surface area contributed by atoms with Gasteiger partial charge in [0.15, 0.2) is 5.96 Å². The highest BCUT2D eigenvalue weighted by molar-refractivity contribution is 7.10. The Labute approximate surface area is 170 Å². The standard InChI is InChI=1S/C20H29N5O2S/c1-2-22-20(24-15-18(26)16-5-7-21-8-6-16)23-14-17(19-4-3-13-28-19)25-9-11-27-12-10-25/h3-8,13,17-18,26H,2,9-12,14-15H2,1H3,(H2,22,23,24). The maximum absolute atomic E-state index is 10.4. The fraction of sp³-hybridized carbons (Fsp3) is 0.500. The lowest BCUT2D eigenvalue weighted by Crippen LogP contribution is -2.42. The van der Waals surface area contributed by atoms with Gasteiger partial charge in [0, 0.05) is 43.4 Å². The molecule has 2 unspecified atom stereocenters. The summed E-state index contributed by atoms with van der Waals surface area (Å²) in [5.41, 5.74) is 0.836. The molecule has 0 aromatic carbocycles. The van der Waals surface area contributed by atoms with Crippen LogP contribution in [-0.2, 0) is 4.74 Å². The molecule has 0 aliphatic carbocycles. The lowest BCUT2D eigenvalue weighted by Gasteiger charge is -2.33. The summed E-state index contributed by atoms with van der Waals surface area (Å²) in [6.07, 6.45) is 2.76. The number of aromatic nitrogens is 1. The van der Waals surface area contributed by atoms with E-state index >= 15 is 0 Å². The van der Waals surface area contributed by atoms with Crippen molar-refractivity contribution < 1.29 is 9.84 Å². The Hall–Kier alpha value is -2.00. The zero-order chi connectivity index (χ0) is 19.6. The van der Waals surface area contributed by atoms with Crippen LogP contribution in [0, 0.1) is 0 Å². The third-order valence-electron chi connectivity index (χ3n) is 4.68. The molecular formula is C20H29N5O2S. The van der Waals surface area contributed by atoms with Crippen LogP contribution in [0.3, 0.4) is 0 Å². The molecule has 0 radical (unpaired) electrons. The van der Waals surface area contributed by atoms with E-state index in [0.717, 1.165) is 38.4 Å². The van der Waals surface area contributed by atoms with Crippen LogP contribution in [0.25, 0.3) is 0 Å². The summed E-state index contributed by atoms with van der Waals surface area (Å²) in [4.78, 5) is 12.6. The first-order valence-corrected chi connectivity index (χ1v) is 10.6. The molecule has 8 heteroatoms. The first-order valence-electron chi connectivity index (χ1n) is 9.73. The van der Waals surface area contributed by atoms with Crippen molar-refractivity contribution in [1.29, 1.82) is 0 Å². The van der Waals surface area contributed by atoms with E-state index in [1.54, 1.807) is 23.7 Å². The molecule has 1 aliphatic heterocycles. The van der Waals surface area contributed by atoms with Crippen molar-refractivity contribution in [2.75, 3.05) is 45.9 Å². The third kappa shape index (κ3) is 6.00. The van der Waals surface area contributed by atoms with Crippen LogP contribution in [-0.4, -0.2) is 66.9 Å². The number of hydrogen-bond donors (Lipinski definition) is 3. The molecule has 3 rings (SSSR count). The summed E-state index contributed by atoms with van der Waals surface area (Å²) in [6, 6.07) is 8.15. The SMILES string of the molecule is CCNC(=NCC(c1cccs1)N1CCOCC1)NCC(O)c1ccncc1. The van der Waals surface area contributed by atoms with Gasteiger partial charge in [-0.15, -0.1) is 11.3 Å². The number of aliphatic imine (C=N–C) groups is 1. The van der Waals surface area contributed by atoms with Crippen LogP contribution >= 0.6 is 11.3 Å². The summed E-state index contributed by atoms with van der Waals surface area (Å²) in [6.45, 7) is 7.21. The maximum atomic E-state index is 10.4. The minimum atomic E-state index is -0.612. The molecule has 2 aromatic heterocycles. The smallest absolute Gasteiger partial charge is 0.191 e. The van der Waals surface area contributed by atoms with Gasteiger partial charge >= 0.3 is 0 Å². The Kier molecular flexibility index (Phi) is 8.23. The Bertz CT molecular complexity index is 705. The van der Waals surface area contributed by atoms with Gasteiger partial charge in [-0.1, -0.05) is 6.07 Å². The van der Waals surface area contributed by atoms with Crippen LogP contribution in [0.5, 0.6) is 0 Å². The van der Waals surface area contributed by atoms with Crippen molar-refractivity contribution in [3.8, 4) is 0 Å². The zero-order valence-corrected chi connectivity index (χ0v) is 17.1. The first-order chi connectivity index (χ1) is 13.8. The Morgan fingerprint density at radius 2 is 2.07 bits per heavy atom. The number of nitrogens with zero attached hydrogens (tertiary/aromatic N) is 3. The van der Waals surface area contributed by atoms with E-state index in [1.807, 2.05) is 19.1 Å². The second-order valence-electron chi connectivity index (χ2n) is 6.58. The fourth-order valence-electron chi connectivity index (χ4n) is 3.17. The summed E-state index contributed by atoms with van der Waals surface area (Å²) in [5.74, 6) is 0.713. The normalized spacial score (nSPS) is 17.9. The quantitative estimate of drug-likeness (QED) is 0.461. The van der Waals surface area contributed by atoms with Gasteiger partial charge in [-0.25, -0.2) is 0 Å². The van der Waals surface area contributed by atoms with Crippen molar-refractivity contribution in [2.45, 2.75) is 19.1 Å². The molecule has 3 N–H and O–H groups in total. The lowest BCUT2D eigenvalue weighted by atomic mass is 10.1. The molecule has 152 valence electrons. The minimum Gasteiger partial charge on any atom is -0.387 e. The van der Waals surface area contributed by atoms with E-state index in [2.05, 4.69) is 38.0 Å². The summed E-state index contributed by atoms with van der Waals surface area (Å²) >= 11 is 1.77. The number of aliphatic hydroxyl groups is 1. The van der Waals surface area contributed by atoms with Gasteiger partial charge in [-0.3, -0.25) is 14.9 Å². The van der Waals surface area contributed by atoms with Crippen LogP contribution < -0.4 is 10.6 Å². The zero-order valence-electron chi connectivity index (χ0n) is 16.3. The van der Waals surface area contributed by atoms with Gasteiger partial charge in [0.25, 0.3) is 0 Å². The van der Waals surface area contributed by atoms with Crippen molar-refractivity contribution >= 4 is 17.3 Å². The maximum Gasteiger partial charge on any atom is 0.191 e. The molecule has 7 nitrogen and oxygen atoms in total. The van der Waals surface area contributed by atoms with Crippen LogP contribution in [0.4, 0.5) is 0 Å². The average Bonchev–Trinajstić information content (AvgIpc) is 3.28. The van der Waals surface area contributed by atoms with E-state index in [0.29, 0.717) is 19.0 Å². The molecule has 0 amide bonds. The number of rotatable bonds is 8. The number of thiophene rings is 1. The van der Waals surface area contributed by atoms with Crippen molar-refractivity contribution in [3.05, 3.63) is 52.5 Å². The second-order valence-corrected chi connectivity index (χ2v) is 7.56. The molecule has 3 heterocycles. The molecule has 1 fully saturated rings. The molecule has 0 spiro atoms. The summed E-state index contributed by atoms with van der Waals surface area (Å²) < 4.78 is 5.51. The van der Waals surface area contributed by atoms with Gasteiger partial charge in [0.2, 0.25) is 0 Å².